The average molecular weight is 239 g/mol. The van der Waals surface area contributed by atoms with Crippen molar-refractivity contribution < 1.29 is 9.13 Å². The molecule has 1 atom stereocenters. The minimum absolute atomic E-state index is 0.187. The van der Waals surface area contributed by atoms with Gasteiger partial charge < -0.3 is 10.1 Å². The van der Waals surface area contributed by atoms with Crippen molar-refractivity contribution in [3.05, 3.63) is 35.1 Å². The molecule has 0 heterocycles. The molecular weight excluding hydrogens is 217 g/mol. The van der Waals surface area contributed by atoms with E-state index in [4.69, 9.17) is 4.74 Å². The first kappa shape index (κ1) is 14.1. The lowest BCUT2D eigenvalue weighted by atomic mass is 10.1. The van der Waals surface area contributed by atoms with Gasteiger partial charge in [-0.05, 0) is 38.1 Å². The molecule has 0 aliphatic rings. The van der Waals surface area contributed by atoms with Crippen LogP contribution in [0.4, 0.5) is 4.39 Å². The average Bonchev–Trinajstić information content (AvgIpc) is 2.30. The van der Waals surface area contributed by atoms with E-state index in [1.54, 1.807) is 6.07 Å². The molecule has 0 aliphatic carbocycles. The fourth-order valence-electron chi connectivity index (χ4n) is 1.77. The van der Waals surface area contributed by atoms with Gasteiger partial charge in [0.05, 0.1) is 12.7 Å². The molecule has 0 bridgehead atoms. The number of hydrogen-bond donors (Lipinski definition) is 1. The number of halogens is 1. The summed E-state index contributed by atoms with van der Waals surface area (Å²) < 4.78 is 19.2. The number of hydrogen-bond acceptors (Lipinski definition) is 2. The van der Waals surface area contributed by atoms with Crippen molar-refractivity contribution >= 4 is 0 Å². The molecule has 1 aromatic rings. The molecule has 3 heteroatoms. The van der Waals surface area contributed by atoms with Gasteiger partial charge in [-0.2, -0.15) is 0 Å². The molecule has 1 N–H and O–H groups in total. The van der Waals surface area contributed by atoms with Gasteiger partial charge in [0.2, 0.25) is 0 Å². The van der Waals surface area contributed by atoms with Crippen LogP contribution in [0.1, 0.15) is 37.8 Å². The van der Waals surface area contributed by atoms with Crippen molar-refractivity contribution in [1.29, 1.82) is 0 Å². The quantitative estimate of drug-likeness (QED) is 0.788. The third-order valence-electron chi connectivity index (χ3n) is 2.71. The first-order chi connectivity index (χ1) is 8.17. The molecule has 0 aliphatic heterocycles. The van der Waals surface area contributed by atoms with Crippen LogP contribution in [0.5, 0.6) is 0 Å². The van der Waals surface area contributed by atoms with E-state index in [1.165, 1.54) is 6.07 Å². The zero-order valence-electron chi connectivity index (χ0n) is 10.9. The summed E-state index contributed by atoms with van der Waals surface area (Å²) in [6.45, 7) is 5.25. The molecule has 2 nitrogen and oxygen atoms in total. The topological polar surface area (TPSA) is 21.3 Å². The van der Waals surface area contributed by atoms with Crippen LogP contribution in [0.15, 0.2) is 18.2 Å². The monoisotopic (exact) mass is 239 g/mol. The molecular formula is C14H22FNO. The van der Waals surface area contributed by atoms with E-state index in [1.807, 2.05) is 20.0 Å². The first-order valence-corrected chi connectivity index (χ1v) is 6.20. The summed E-state index contributed by atoms with van der Waals surface area (Å²) >= 11 is 0. The maximum Gasteiger partial charge on any atom is 0.128 e. The number of benzene rings is 1. The zero-order valence-corrected chi connectivity index (χ0v) is 10.9. The van der Waals surface area contributed by atoms with Crippen LogP contribution in [0.3, 0.4) is 0 Å². The summed E-state index contributed by atoms with van der Waals surface area (Å²) in [4.78, 5) is 0. The molecule has 1 unspecified atom stereocenters. The van der Waals surface area contributed by atoms with Gasteiger partial charge in [0.15, 0.2) is 0 Å². The Morgan fingerprint density at radius 2 is 2.18 bits per heavy atom. The predicted molar refractivity (Wildman–Crippen MR) is 68.3 cm³/mol. The van der Waals surface area contributed by atoms with Gasteiger partial charge in [-0.1, -0.05) is 19.4 Å². The highest BCUT2D eigenvalue weighted by molar-refractivity contribution is 5.24. The van der Waals surface area contributed by atoms with Gasteiger partial charge in [0, 0.05) is 12.1 Å². The van der Waals surface area contributed by atoms with E-state index in [0.717, 1.165) is 24.9 Å². The zero-order chi connectivity index (χ0) is 12.7. The van der Waals surface area contributed by atoms with E-state index < -0.39 is 0 Å². The number of rotatable bonds is 7. The Morgan fingerprint density at radius 1 is 1.41 bits per heavy atom. The third-order valence-corrected chi connectivity index (χ3v) is 2.71. The summed E-state index contributed by atoms with van der Waals surface area (Å²) in [5.41, 5.74) is 1.72. The molecule has 1 aromatic carbocycles. The van der Waals surface area contributed by atoms with E-state index in [0.29, 0.717) is 12.2 Å². The van der Waals surface area contributed by atoms with Crippen LogP contribution in [0.25, 0.3) is 0 Å². The van der Waals surface area contributed by atoms with Crippen LogP contribution < -0.4 is 5.32 Å². The first-order valence-electron chi connectivity index (χ1n) is 6.20. The molecule has 0 aromatic heterocycles. The van der Waals surface area contributed by atoms with Crippen LogP contribution >= 0.6 is 0 Å². The second-order valence-corrected chi connectivity index (χ2v) is 4.37. The Hall–Kier alpha value is -0.930. The van der Waals surface area contributed by atoms with Crippen molar-refractivity contribution in [1.82, 2.24) is 5.32 Å². The fraction of sp³-hybridized carbons (Fsp3) is 0.571. The minimum Gasteiger partial charge on any atom is -0.374 e. The Kier molecular flexibility index (Phi) is 6.16. The lowest BCUT2D eigenvalue weighted by Crippen LogP contribution is -2.10. The lowest BCUT2D eigenvalue weighted by Gasteiger charge is -2.13. The van der Waals surface area contributed by atoms with Gasteiger partial charge in [0.25, 0.3) is 0 Å². The molecule has 17 heavy (non-hydrogen) atoms. The van der Waals surface area contributed by atoms with E-state index in [2.05, 4.69) is 12.2 Å². The van der Waals surface area contributed by atoms with Crippen LogP contribution in [0, 0.1) is 5.82 Å². The maximum absolute atomic E-state index is 13.5. The summed E-state index contributed by atoms with van der Waals surface area (Å²) in [5.74, 6) is -0.187. The van der Waals surface area contributed by atoms with Crippen molar-refractivity contribution in [3.8, 4) is 0 Å². The molecule has 0 spiro atoms. The Bertz CT molecular complexity index is 341. The van der Waals surface area contributed by atoms with Gasteiger partial charge in [-0.25, -0.2) is 4.39 Å². The highest BCUT2D eigenvalue weighted by atomic mass is 19.1. The lowest BCUT2D eigenvalue weighted by molar-refractivity contribution is 0.0455. The molecule has 1 rings (SSSR count). The van der Waals surface area contributed by atoms with Crippen LogP contribution in [0.2, 0.25) is 0 Å². The highest BCUT2D eigenvalue weighted by Gasteiger charge is 2.06. The van der Waals surface area contributed by atoms with E-state index in [9.17, 15) is 4.39 Å². The molecule has 96 valence electrons. The highest BCUT2D eigenvalue weighted by Crippen LogP contribution is 2.13. The minimum atomic E-state index is -0.187. The Balaban J connectivity index is 2.59. The Labute approximate surface area is 103 Å². The molecule has 0 saturated carbocycles. The fourth-order valence-corrected chi connectivity index (χ4v) is 1.77. The van der Waals surface area contributed by atoms with Crippen LogP contribution in [-0.2, 0) is 17.9 Å². The van der Waals surface area contributed by atoms with Gasteiger partial charge in [0.1, 0.15) is 5.82 Å². The van der Waals surface area contributed by atoms with Crippen molar-refractivity contribution in [2.75, 3.05) is 7.05 Å². The number of nitrogens with one attached hydrogen (secondary N) is 1. The maximum atomic E-state index is 13.5. The van der Waals surface area contributed by atoms with Gasteiger partial charge in [-0.15, -0.1) is 0 Å². The molecule has 0 amide bonds. The summed E-state index contributed by atoms with van der Waals surface area (Å²) in [5, 5.41) is 3.05. The second kappa shape index (κ2) is 7.41. The third kappa shape index (κ3) is 4.84. The largest absolute Gasteiger partial charge is 0.374 e. The second-order valence-electron chi connectivity index (χ2n) is 4.37. The summed E-state index contributed by atoms with van der Waals surface area (Å²) in [6.07, 6.45) is 2.29. The summed E-state index contributed by atoms with van der Waals surface area (Å²) in [6, 6.07) is 5.17. The standard InChI is InChI=1S/C14H22FNO/c1-4-5-11(2)17-10-13-8-12(9-16-3)6-7-14(13)15/h6-8,11,16H,4-5,9-10H2,1-3H3. The molecule has 0 saturated heterocycles. The smallest absolute Gasteiger partial charge is 0.128 e. The SMILES string of the molecule is CCCC(C)OCc1cc(CNC)ccc1F. The number of ether oxygens (including phenoxy) is 1. The van der Waals surface area contributed by atoms with E-state index >= 15 is 0 Å². The van der Waals surface area contributed by atoms with Crippen molar-refractivity contribution in [2.24, 2.45) is 0 Å². The summed E-state index contributed by atoms with van der Waals surface area (Å²) in [7, 11) is 1.88. The van der Waals surface area contributed by atoms with Crippen molar-refractivity contribution in [2.45, 2.75) is 45.9 Å². The van der Waals surface area contributed by atoms with Crippen molar-refractivity contribution in [3.63, 3.8) is 0 Å². The normalized spacial score (nSPS) is 12.7. The van der Waals surface area contributed by atoms with Gasteiger partial charge in [-0.3, -0.25) is 0 Å². The Morgan fingerprint density at radius 3 is 2.82 bits per heavy atom. The predicted octanol–water partition coefficient (Wildman–Crippen LogP) is 3.25. The van der Waals surface area contributed by atoms with Gasteiger partial charge >= 0.3 is 0 Å². The van der Waals surface area contributed by atoms with E-state index in [-0.39, 0.29) is 11.9 Å². The molecule has 0 fully saturated rings. The van der Waals surface area contributed by atoms with Crippen LogP contribution in [-0.4, -0.2) is 13.2 Å². The molecule has 0 radical (unpaired) electrons.